The van der Waals surface area contributed by atoms with Crippen molar-refractivity contribution in [2.24, 2.45) is 0 Å². The molecular formula is C6H2BrCl2S2. The lowest BCUT2D eigenvalue weighted by atomic mass is 10.4. The third-order valence-electron chi connectivity index (χ3n) is 1.00. The van der Waals surface area contributed by atoms with Crippen LogP contribution in [0.25, 0.3) is 0 Å². The highest BCUT2D eigenvalue weighted by Gasteiger charge is 2.00. The van der Waals surface area contributed by atoms with Crippen molar-refractivity contribution in [1.82, 2.24) is 0 Å². The van der Waals surface area contributed by atoms with Gasteiger partial charge >= 0.3 is 0 Å². The van der Waals surface area contributed by atoms with E-state index in [4.69, 9.17) is 21.4 Å². The molecule has 0 aliphatic heterocycles. The molecule has 0 spiro atoms. The molecule has 0 fully saturated rings. The zero-order valence-electron chi connectivity index (χ0n) is 5.11. The van der Waals surface area contributed by atoms with Crippen molar-refractivity contribution < 1.29 is 0 Å². The van der Waals surface area contributed by atoms with Crippen LogP contribution in [-0.4, -0.2) is 0 Å². The molecule has 1 rings (SSSR count). The van der Waals surface area contributed by atoms with Crippen molar-refractivity contribution in [1.29, 1.82) is 0 Å². The van der Waals surface area contributed by atoms with Gasteiger partial charge < -0.3 is 0 Å². The van der Waals surface area contributed by atoms with E-state index in [-0.39, 0.29) is 0 Å². The number of hydrogen-bond acceptors (Lipinski definition) is 2. The molecule has 1 radical (unpaired) electrons. The molecule has 5 heteroatoms. The summed E-state index contributed by atoms with van der Waals surface area (Å²) in [6.07, 6.45) is 0. The maximum absolute atomic E-state index is 5.55. The molecule has 59 valence electrons. The summed E-state index contributed by atoms with van der Waals surface area (Å²) in [7, 11) is 13.4. The van der Waals surface area contributed by atoms with E-state index in [1.807, 2.05) is 12.1 Å². The highest BCUT2D eigenvalue weighted by atomic mass is 79.9. The van der Waals surface area contributed by atoms with Crippen LogP contribution < -0.4 is 0 Å². The highest BCUT2D eigenvalue weighted by molar-refractivity contribution is 9.10. The summed E-state index contributed by atoms with van der Waals surface area (Å²) in [5.41, 5.74) is 0. The monoisotopic (exact) mass is 287 g/mol. The topological polar surface area (TPSA) is 0 Å². The van der Waals surface area contributed by atoms with Gasteiger partial charge in [-0.2, -0.15) is 0 Å². The van der Waals surface area contributed by atoms with Gasteiger partial charge in [-0.1, -0.05) is 0 Å². The summed E-state index contributed by atoms with van der Waals surface area (Å²) >= 11 is 3.32. The van der Waals surface area contributed by atoms with Gasteiger partial charge in [-0.05, 0) is 71.4 Å². The molecule has 0 nitrogen and oxygen atoms in total. The van der Waals surface area contributed by atoms with Crippen molar-refractivity contribution >= 4 is 59.2 Å². The third kappa shape index (κ3) is 2.74. The van der Waals surface area contributed by atoms with Crippen molar-refractivity contribution in [2.45, 2.75) is 9.79 Å². The van der Waals surface area contributed by atoms with Crippen molar-refractivity contribution in [3.8, 4) is 0 Å². The van der Waals surface area contributed by atoms with Crippen LogP contribution in [0.2, 0.25) is 0 Å². The molecule has 0 bridgehead atoms. The van der Waals surface area contributed by atoms with Crippen LogP contribution in [0, 0.1) is 6.07 Å². The smallest absolute Gasteiger partial charge is 0.0414 e. The highest BCUT2D eigenvalue weighted by Crippen LogP contribution is 2.33. The molecule has 0 unspecified atom stereocenters. The zero-order valence-corrected chi connectivity index (χ0v) is 9.84. The molecule has 0 aliphatic rings. The van der Waals surface area contributed by atoms with Gasteiger partial charge in [0.15, 0.2) is 0 Å². The Bertz CT molecular complexity index is 254. The lowest BCUT2D eigenvalue weighted by molar-refractivity contribution is 1.31. The molecular weight excluding hydrogens is 287 g/mol. The van der Waals surface area contributed by atoms with E-state index in [2.05, 4.69) is 22.0 Å². The fourth-order valence-corrected chi connectivity index (χ4v) is 2.69. The van der Waals surface area contributed by atoms with Crippen LogP contribution in [0.1, 0.15) is 0 Å². The minimum absolute atomic E-state index is 0.850. The second-order valence-electron chi connectivity index (χ2n) is 1.66. The van der Waals surface area contributed by atoms with Crippen LogP contribution >= 0.6 is 59.2 Å². The average molecular weight is 289 g/mol. The molecule has 0 amide bonds. The maximum atomic E-state index is 5.55. The zero-order chi connectivity index (χ0) is 8.27. The summed E-state index contributed by atoms with van der Waals surface area (Å²) in [5.74, 6) is 0. The van der Waals surface area contributed by atoms with Crippen molar-refractivity contribution in [3.63, 3.8) is 0 Å². The van der Waals surface area contributed by atoms with E-state index in [1.165, 1.54) is 0 Å². The lowest BCUT2D eigenvalue weighted by Crippen LogP contribution is -1.73. The summed E-state index contributed by atoms with van der Waals surface area (Å²) in [6, 6.07) is 6.78. The Labute approximate surface area is 91.2 Å². The second-order valence-corrected chi connectivity index (χ2v) is 4.56. The van der Waals surface area contributed by atoms with Gasteiger partial charge in [0.05, 0.1) is 0 Å². The first-order chi connectivity index (χ1) is 5.27. The van der Waals surface area contributed by atoms with E-state index in [1.54, 1.807) is 0 Å². The number of hydrogen-bond donors (Lipinski definition) is 0. The van der Waals surface area contributed by atoms with Gasteiger partial charge in [0.1, 0.15) is 0 Å². The fraction of sp³-hybridized carbons (Fsp3) is 0. The first-order valence-corrected chi connectivity index (χ1v) is 6.64. The van der Waals surface area contributed by atoms with E-state index < -0.39 is 0 Å². The van der Waals surface area contributed by atoms with Gasteiger partial charge in [0, 0.05) is 20.3 Å². The predicted molar refractivity (Wildman–Crippen MR) is 56.4 cm³/mol. The van der Waals surface area contributed by atoms with Gasteiger partial charge in [-0.3, -0.25) is 0 Å². The minimum atomic E-state index is 0.850. The normalized spacial score (nSPS) is 10.1. The van der Waals surface area contributed by atoms with Gasteiger partial charge in [0.2, 0.25) is 0 Å². The molecule has 0 atom stereocenters. The molecule has 0 heterocycles. The predicted octanol–water partition coefficient (Wildman–Crippen LogP) is 4.74. The van der Waals surface area contributed by atoms with E-state index >= 15 is 0 Å². The number of benzene rings is 1. The standard InChI is InChI=1S/C6H2BrCl2S2/c7-5-3-4(10-8)1-2-6(5)11-9/h1-2H. The Hall–Kier alpha value is 0.980. The summed E-state index contributed by atoms with van der Waals surface area (Å²) in [6.45, 7) is 0. The van der Waals surface area contributed by atoms with Crippen LogP contribution in [0.3, 0.4) is 0 Å². The largest absolute Gasteiger partial charge is 0.0488 e. The number of halogens is 3. The van der Waals surface area contributed by atoms with E-state index in [9.17, 15) is 0 Å². The van der Waals surface area contributed by atoms with Gasteiger partial charge in [0.25, 0.3) is 0 Å². The average Bonchev–Trinajstić information content (AvgIpc) is 2.04. The van der Waals surface area contributed by atoms with Crippen molar-refractivity contribution in [2.75, 3.05) is 0 Å². The summed E-state index contributed by atoms with van der Waals surface area (Å²) in [5, 5.41) is 0. The molecule has 1 aromatic carbocycles. The summed E-state index contributed by atoms with van der Waals surface area (Å²) < 4.78 is 0.850. The molecule has 1 aromatic rings. The lowest BCUT2D eigenvalue weighted by Gasteiger charge is -1.98. The number of rotatable bonds is 2. The SMILES string of the molecule is ClSc1[c]c(Br)c(SCl)cc1. The van der Waals surface area contributed by atoms with E-state index in [0.717, 1.165) is 36.2 Å². The first-order valence-electron chi connectivity index (χ1n) is 2.57. The van der Waals surface area contributed by atoms with Crippen molar-refractivity contribution in [3.05, 3.63) is 22.7 Å². The minimum Gasteiger partial charge on any atom is -0.0488 e. The Morgan fingerprint density at radius 3 is 2.45 bits per heavy atom. The Morgan fingerprint density at radius 1 is 1.27 bits per heavy atom. The maximum Gasteiger partial charge on any atom is 0.0414 e. The van der Waals surface area contributed by atoms with Crippen LogP contribution in [0.5, 0.6) is 0 Å². The van der Waals surface area contributed by atoms with Crippen LogP contribution in [-0.2, 0) is 0 Å². The Balaban J connectivity index is 2.99. The Kier molecular flexibility index (Phi) is 4.46. The Morgan fingerprint density at radius 2 is 2.00 bits per heavy atom. The third-order valence-corrected chi connectivity index (χ3v) is 3.80. The molecule has 0 aromatic heterocycles. The fourth-order valence-electron chi connectivity index (χ4n) is 0.541. The molecule has 11 heavy (non-hydrogen) atoms. The van der Waals surface area contributed by atoms with Crippen LogP contribution in [0.15, 0.2) is 26.4 Å². The second kappa shape index (κ2) is 4.87. The van der Waals surface area contributed by atoms with E-state index in [0.29, 0.717) is 0 Å². The molecule has 0 N–H and O–H groups in total. The first kappa shape index (κ1) is 10.1. The van der Waals surface area contributed by atoms with Crippen LogP contribution in [0.4, 0.5) is 0 Å². The molecule has 0 aliphatic carbocycles. The molecule has 0 saturated heterocycles. The van der Waals surface area contributed by atoms with Gasteiger partial charge in [-0.25, -0.2) is 0 Å². The quantitative estimate of drug-likeness (QED) is 0.771. The summed E-state index contributed by atoms with van der Waals surface area (Å²) in [4.78, 5) is 1.83. The van der Waals surface area contributed by atoms with Gasteiger partial charge in [-0.15, -0.1) is 0 Å². The molecule has 0 saturated carbocycles.